The van der Waals surface area contributed by atoms with Crippen LogP contribution in [0.2, 0.25) is 0 Å². The summed E-state index contributed by atoms with van der Waals surface area (Å²) in [6.45, 7) is 16.3. The van der Waals surface area contributed by atoms with Crippen molar-refractivity contribution in [3.8, 4) is 0 Å². The van der Waals surface area contributed by atoms with E-state index in [0.29, 0.717) is 17.9 Å². The Morgan fingerprint density at radius 1 is 0.880 bits per heavy atom. The molecule has 2 aromatic rings. The third kappa shape index (κ3) is 11.4. The lowest BCUT2D eigenvalue weighted by atomic mass is 10.1. The molecule has 0 unspecified atom stereocenters. The molecular formula is C34H46N6O10. The Balaban J connectivity index is 1.87. The number of amidine groups is 1. The van der Waals surface area contributed by atoms with Gasteiger partial charge in [-0.05, 0) is 81.4 Å². The number of carboxylic acids is 1. The molecule has 16 heteroatoms. The monoisotopic (exact) mass is 698 g/mol. The second-order valence-electron chi connectivity index (χ2n) is 14.7. The molecule has 3 rings (SSSR count). The molecule has 0 bridgehead atoms. The molecule has 1 aliphatic rings. The van der Waals surface area contributed by atoms with Crippen LogP contribution < -0.4 is 5.32 Å². The predicted molar refractivity (Wildman–Crippen MR) is 179 cm³/mol. The number of hydrogen-bond donors (Lipinski definition) is 2. The predicted octanol–water partition coefficient (Wildman–Crippen LogP) is 4.52. The largest absolute Gasteiger partial charge is 0.480 e. The molecule has 0 fully saturated rings. The first-order chi connectivity index (χ1) is 22.9. The Kier molecular flexibility index (Phi) is 11.8. The number of amides is 5. The zero-order valence-corrected chi connectivity index (χ0v) is 30.2. The van der Waals surface area contributed by atoms with Crippen LogP contribution in [0.1, 0.15) is 96.4 Å². The molecule has 0 spiro atoms. The highest BCUT2D eigenvalue weighted by atomic mass is 16.6. The molecule has 0 saturated carbocycles. The van der Waals surface area contributed by atoms with E-state index < -0.39 is 58.8 Å². The fourth-order valence-electron chi connectivity index (χ4n) is 4.64. The normalized spacial score (nSPS) is 14.2. The number of aliphatic imine (C=N–C) groups is 1. The van der Waals surface area contributed by atoms with Gasteiger partial charge >= 0.3 is 24.2 Å². The van der Waals surface area contributed by atoms with E-state index in [-0.39, 0.29) is 30.1 Å². The van der Waals surface area contributed by atoms with E-state index in [2.05, 4.69) is 15.4 Å². The number of imide groups is 1. The third-order valence-corrected chi connectivity index (χ3v) is 6.59. The smallest absolute Gasteiger partial charge is 0.436 e. The summed E-state index contributed by atoms with van der Waals surface area (Å²) in [5.74, 6) is -2.43. The highest BCUT2D eigenvalue weighted by molar-refractivity contribution is 6.18. The van der Waals surface area contributed by atoms with E-state index in [1.807, 2.05) is 0 Å². The maximum atomic E-state index is 13.4. The first-order valence-electron chi connectivity index (χ1n) is 16.0. The summed E-state index contributed by atoms with van der Waals surface area (Å²) in [4.78, 5) is 83.2. The van der Waals surface area contributed by atoms with Gasteiger partial charge in [0.1, 0.15) is 29.4 Å². The molecule has 5 amide bonds. The van der Waals surface area contributed by atoms with Gasteiger partial charge < -0.3 is 29.5 Å². The molecule has 272 valence electrons. The number of carboxylic acid groups (broad SMARTS) is 1. The molecule has 2 heterocycles. The van der Waals surface area contributed by atoms with Gasteiger partial charge in [0.25, 0.3) is 5.91 Å². The van der Waals surface area contributed by atoms with Crippen LogP contribution in [0.5, 0.6) is 0 Å². The van der Waals surface area contributed by atoms with E-state index in [4.69, 9.17) is 19.3 Å². The van der Waals surface area contributed by atoms with Crippen molar-refractivity contribution in [2.45, 2.75) is 112 Å². The topological polar surface area (TPSA) is 199 Å². The number of ether oxygens (including phenoxy) is 3. The van der Waals surface area contributed by atoms with Gasteiger partial charge in [-0.3, -0.25) is 19.1 Å². The van der Waals surface area contributed by atoms with Gasteiger partial charge in [-0.15, -0.1) is 0 Å². The van der Waals surface area contributed by atoms with Gasteiger partial charge in [-0.1, -0.05) is 12.1 Å². The van der Waals surface area contributed by atoms with E-state index in [0.717, 1.165) is 11.3 Å². The average Bonchev–Trinajstić information content (AvgIpc) is 3.34. The minimum Gasteiger partial charge on any atom is -0.480 e. The van der Waals surface area contributed by atoms with Gasteiger partial charge in [0.15, 0.2) is 5.84 Å². The Labute approximate surface area is 290 Å². The third-order valence-electron chi connectivity index (χ3n) is 6.59. The lowest BCUT2D eigenvalue weighted by Crippen LogP contribution is -2.48. The highest BCUT2D eigenvalue weighted by Gasteiger charge is 2.37. The summed E-state index contributed by atoms with van der Waals surface area (Å²) >= 11 is 0. The molecule has 1 aromatic carbocycles. The molecule has 50 heavy (non-hydrogen) atoms. The number of fused-ring (bicyclic) bond motifs is 1. The van der Waals surface area contributed by atoms with Crippen LogP contribution in [0.4, 0.5) is 14.4 Å². The molecule has 1 aliphatic heterocycles. The lowest BCUT2D eigenvalue weighted by molar-refractivity contribution is -0.138. The van der Waals surface area contributed by atoms with Gasteiger partial charge in [0.2, 0.25) is 5.91 Å². The fraction of sp³-hybridized carbons (Fsp3) is 0.529. The lowest BCUT2D eigenvalue weighted by Gasteiger charge is -2.29. The first kappa shape index (κ1) is 39.2. The van der Waals surface area contributed by atoms with Crippen LogP contribution in [-0.4, -0.2) is 96.0 Å². The quantitative estimate of drug-likeness (QED) is 0.244. The number of carbonyl (C=O) groups is 6. The molecule has 0 saturated heterocycles. The summed E-state index contributed by atoms with van der Waals surface area (Å²) < 4.78 is 17.6. The summed E-state index contributed by atoms with van der Waals surface area (Å²) in [6, 6.07) is 4.56. The molecule has 0 aliphatic carbocycles. The second kappa shape index (κ2) is 15.1. The molecule has 1 aromatic heterocycles. The number of aromatic nitrogens is 2. The van der Waals surface area contributed by atoms with Crippen molar-refractivity contribution >= 4 is 41.9 Å². The van der Waals surface area contributed by atoms with Gasteiger partial charge in [-0.2, -0.15) is 15.0 Å². The summed E-state index contributed by atoms with van der Waals surface area (Å²) in [7, 11) is 0. The minimum absolute atomic E-state index is 0.0702. The summed E-state index contributed by atoms with van der Waals surface area (Å²) in [5.41, 5.74) is -1.38. The van der Waals surface area contributed by atoms with E-state index >= 15 is 0 Å². The highest BCUT2D eigenvalue weighted by Crippen LogP contribution is 2.21. The number of benzene rings is 1. The first-order valence-corrected chi connectivity index (χ1v) is 16.0. The van der Waals surface area contributed by atoms with Crippen molar-refractivity contribution < 1.29 is 48.1 Å². The zero-order valence-electron chi connectivity index (χ0n) is 30.2. The number of carbonyl (C=O) groups excluding carboxylic acids is 5. The van der Waals surface area contributed by atoms with Crippen molar-refractivity contribution in [3.05, 3.63) is 52.8 Å². The van der Waals surface area contributed by atoms with Crippen molar-refractivity contribution in [1.29, 1.82) is 0 Å². The molecule has 1 atom stereocenters. The Morgan fingerprint density at radius 2 is 1.40 bits per heavy atom. The number of hydrogen-bond acceptors (Lipinski definition) is 10. The maximum Gasteiger partial charge on any atom is 0.436 e. The van der Waals surface area contributed by atoms with Crippen LogP contribution in [0.25, 0.3) is 0 Å². The SMILES string of the molecule is C[C@H](NC(=O)c1ccc(/C(=N\C(=O)OC(C)(C)C)N(C(=O)OC(C)(C)C)C(=O)OC(C)(C)C)cc1)C(=O)N1CCc2nn(CC(=O)O)cc2C1. The van der Waals surface area contributed by atoms with Crippen LogP contribution in [0, 0.1) is 0 Å². The minimum atomic E-state index is -1.16. The van der Waals surface area contributed by atoms with Crippen molar-refractivity contribution in [2.24, 2.45) is 4.99 Å². The Morgan fingerprint density at radius 3 is 1.90 bits per heavy atom. The molecular weight excluding hydrogens is 652 g/mol. The van der Waals surface area contributed by atoms with Gasteiger partial charge in [0, 0.05) is 42.4 Å². The number of aliphatic carboxylic acids is 1. The van der Waals surface area contributed by atoms with Gasteiger partial charge in [0.05, 0.1) is 5.69 Å². The standard InChI is InChI=1S/C34H46N6O10/c1-20(28(44)38-16-15-24-23(17-38)18-39(37-24)19-25(41)42)35-27(43)22-13-11-21(12-14-22)26(36-29(45)48-32(2,3)4)40(30(46)49-33(5,6)7)31(47)50-34(8,9)10/h11-14,18,20H,15-17,19H2,1-10H3,(H,35,43)(H,41,42)/b36-26+/t20-/m0/s1. The molecule has 2 N–H and O–H groups in total. The van der Waals surface area contributed by atoms with Crippen LogP contribution in [0.3, 0.4) is 0 Å². The Hall–Kier alpha value is -5.28. The summed E-state index contributed by atoms with van der Waals surface area (Å²) in [5, 5.41) is 16.0. The number of nitrogens with one attached hydrogen (secondary N) is 1. The van der Waals surface area contributed by atoms with E-state index in [1.165, 1.54) is 28.9 Å². The summed E-state index contributed by atoms with van der Waals surface area (Å²) in [6.07, 6.45) is -1.39. The van der Waals surface area contributed by atoms with E-state index in [9.17, 15) is 28.8 Å². The number of rotatable bonds is 6. The average molecular weight is 699 g/mol. The maximum absolute atomic E-state index is 13.4. The van der Waals surface area contributed by atoms with Crippen LogP contribution >= 0.6 is 0 Å². The second-order valence-corrected chi connectivity index (χ2v) is 14.7. The van der Waals surface area contributed by atoms with Crippen LogP contribution in [0.15, 0.2) is 35.5 Å². The zero-order chi connectivity index (χ0) is 37.8. The van der Waals surface area contributed by atoms with Gasteiger partial charge in [-0.25, -0.2) is 14.4 Å². The fourth-order valence-corrected chi connectivity index (χ4v) is 4.64. The Bertz CT molecular complexity index is 1630. The van der Waals surface area contributed by atoms with Crippen molar-refractivity contribution in [1.82, 2.24) is 24.9 Å². The van der Waals surface area contributed by atoms with Crippen molar-refractivity contribution in [2.75, 3.05) is 6.54 Å². The van der Waals surface area contributed by atoms with E-state index in [1.54, 1.807) is 80.3 Å². The number of nitrogens with zero attached hydrogens (tertiary/aromatic N) is 5. The van der Waals surface area contributed by atoms with Crippen molar-refractivity contribution in [3.63, 3.8) is 0 Å². The molecule has 16 nitrogen and oxygen atoms in total. The molecule has 0 radical (unpaired) electrons. The van der Waals surface area contributed by atoms with Crippen LogP contribution in [-0.2, 0) is 43.3 Å².